The minimum atomic E-state index is -3.89. The molecule has 0 heterocycles. The highest BCUT2D eigenvalue weighted by Crippen LogP contribution is 2.34. The zero-order chi connectivity index (χ0) is 21.3. The molecule has 0 aliphatic heterocycles. The summed E-state index contributed by atoms with van der Waals surface area (Å²) in [6, 6.07) is 10.5. The lowest BCUT2D eigenvalue weighted by atomic mass is 9.96. The van der Waals surface area contributed by atoms with Crippen molar-refractivity contribution in [2.45, 2.75) is 61.9 Å². The Kier molecular flexibility index (Phi) is 6.39. The molecule has 4 rings (SSSR count). The topological polar surface area (TPSA) is 75.3 Å². The molecule has 8 heteroatoms. The SMILES string of the molecule is O=C(NC1CCc2ccccc21)c1cc(Cl)c(Cl)c(S(=O)(=O)NC2CCCCC2)c1. The molecule has 2 aromatic rings. The molecule has 5 nitrogen and oxygen atoms in total. The van der Waals surface area contributed by atoms with E-state index in [1.807, 2.05) is 18.2 Å². The fourth-order valence-electron chi connectivity index (χ4n) is 4.34. The number of benzene rings is 2. The number of fused-ring (bicyclic) bond motifs is 1. The van der Waals surface area contributed by atoms with Crippen molar-refractivity contribution in [3.8, 4) is 0 Å². The summed E-state index contributed by atoms with van der Waals surface area (Å²) in [5.74, 6) is -0.371. The van der Waals surface area contributed by atoms with Crippen LogP contribution >= 0.6 is 23.2 Å². The summed E-state index contributed by atoms with van der Waals surface area (Å²) >= 11 is 12.4. The van der Waals surface area contributed by atoms with Crippen molar-refractivity contribution in [3.63, 3.8) is 0 Å². The second-order valence-corrected chi connectivity index (χ2v) is 10.5. The summed E-state index contributed by atoms with van der Waals surface area (Å²) in [4.78, 5) is 12.8. The maximum atomic E-state index is 13.0. The van der Waals surface area contributed by atoms with Crippen LogP contribution in [0.4, 0.5) is 0 Å². The Morgan fingerprint density at radius 3 is 2.50 bits per heavy atom. The smallest absolute Gasteiger partial charge is 0.251 e. The van der Waals surface area contributed by atoms with Gasteiger partial charge in [0.2, 0.25) is 10.0 Å². The van der Waals surface area contributed by atoms with Gasteiger partial charge in [0, 0.05) is 11.6 Å². The Morgan fingerprint density at radius 2 is 1.73 bits per heavy atom. The molecule has 1 atom stereocenters. The standard InChI is InChI=1S/C22H24Cl2N2O3S/c23-18-12-15(22(27)25-19-11-10-14-6-4-5-9-17(14)19)13-20(21(18)24)30(28,29)26-16-7-2-1-3-8-16/h4-6,9,12-13,16,19,26H,1-3,7-8,10-11H2,(H,25,27). The van der Waals surface area contributed by atoms with E-state index in [9.17, 15) is 13.2 Å². The van der Waals surface area contributed by atoms with Crippen molar-refractivity contribution < 1.29 is 13.2 Å². The Labute approximate surface area is 187 Å². The monoisotopic (exact) mass is 466 g/mol. The number of sulfonamides is 1. The Balaban J connectivity index is 1.57. The molecule has 1 unspecified atom stereocenters. The lowest BCUT2D eigenvalue weighted by molar-refractivity contribution is 0.0936. The lowest BCUT2D eigenvalue weighted by Crippen LogP contribution is -2.36. The van der Waals surface area contributed by atoms with E-state index in [-0.39, 0.29) is 38.5 Å². The van der Waals surface area contributed by atoms with Gasteiger partial charge in [-0.15, -0.1) is 0 Å². The Bertz CT molecular complexity index is 1070. The van der Waals surface area contributed by atoms with Crippen LogP contribution in [0.2, 0.25) is 10.0 Å². The predicted molar refractivity (Wildman–Crippen MR) is 119 cm³/mol. The number of amides is 1. The molecule has 2 aliphatic carbocycles. The van der Waals surface area contributed by atoms with Crippen molar-refractivity contribution in [2.75, 3.05) is 0 Å². The van der Waals surface area contributed by atoms with E-state index < -0.39 is 10.0 Å². The quantitative estimate of drug-likeness (QED) is 0.649. The zero-order valence-electron chi connectivity index (χ0n) is 16.5. The summed E-state index contributed by atoms with van der Waals surface area (Å²) in [6.45, 7) is 0. The molecule has 1 saturated carbocycles. The highest BCUT2D eigenvalue weighted by molar-refractivity contribution is 7.89. The van der Waals surface area contributed by atoms with Gasteiger partial charge in [0.15, 0.2) is 0 Å². The molecule has 30 heavy (non-hydrogen) atoms. The van der Waals surface area contributed by atoms with Crippen molar-refractivity contribution in [2.24, 2.45) is 0 Å². The van der Waals surface area contributed by atoms with Gasteiger partial charge in [0.1, 0.15) is 4.90 Å². The van der Waals surface area contributed by atoms with Gasteiger partial charge in [0.25, 0.3) is 5.91 Å². The van der Waals surface area contributed by atoms with Crippen molar-refractivity contribution >= 4 is 39.1 Å². The van der Waals surface area contributed by atoms with Gasteiger partial charge in [-0.3, -0.25) is 4.79 Å². The molecular weight excluding hydrogens is 443 g/mol. The number of halogens is 2. The molecule has 0 aromatic heterocycles. The van der Waals surface area contributed by atoms with Gasteiger partial charge in [-0.1, -0.05) is 66.7 Å². The largest absolute Gasteiger partial charge is 0.345 e. The van der Waals surface area contributed by atoms with Gasteiger partial charge < -0.3 is 5.32 Å². The van der Waals surface area contributed by atoms with Gasteiger partial charge in [0.05, 0.1) is 16.1 Å². The van der Waals surface area contributed by atoms with E-state index in [1.54, 1.807) is 0 Å². The van der Waals surface area contributed by atoms with Crippen LogP contribution in [0.25, 0.3) is 0 Å². The van der Waals surface area contributed by atoms with E-state index in [0.29, 0.717) is 0 Å². The maximum Gasteiger partial charge on any atom is 0.251 e. The van der Waals surface area contributed by atoms with Crippen LogP contribution in [-0.2, 0) is 16.4 Å². The van der Waals surface area contributed by atoms with Gasteiger partial charge in [-0.05, 0) is 48.9 Å². The molecule has 2 N–H and O–H groups in total. The Morgan fingerprint density at radius 1 is 1.00 bits per heavy atom. The summed E-state index contributed by atoms with van der Waals surface area (Å²) in [7, 11) is -3.89. The molecule has 2 aromatic carbocycles. The zero-order valence-corrected chi connectivity index (χ0v) is 18.8. The number of hydrogen-bond acceptors (Lipinski definition) is 3. The van der Waals surface area contributed by atoms with E-state index >= 15 is 0 Å². The second-order valence-electron chi connectivity index (χ2n) is 7.99. The third-order valence-corrected chi connectivity index (χ3v) is 8.37. The number of nitrogens with one attached hydrogen (secondary N) is 2. The Hall–Kier alpha value is -1.60. The molecule has 0 radical (unpaired) electrons. The predicted octanol–water partition coefficient (Wildman–Crippen LogP) is 5.02. The van der Waals surface area contributed by atoms with Gasteiger partial charge in [-0.2, -0.15) is 0 Å². The van der Waals surface area contributed by atoms with Crippen LogP contribution < -0.4 is 10.0 Å². The molecule has 0 bridgehead atoms. The highest BCUT2D eigenvalue weighted by Gasteiger charge is 2.28. The second kappa shape index (κ2) is 8.87. The van der Waals surface area contributed by atoms with Crippen LogP contribution in [0, 0.1) is 0 Å². The average Bonchev–Trinajstić information content (AvgIpc) is 3.13. The van der Waals surface area contributed by atoms with Crippen LogP contribution in [0.3, 0.4) is 0 Å². The first-order chi connectivity index (χ1) is 14.3. The fourth-order valence-corrected chi connectivity index (χ4v) is 6.46. The van der Waals surface area contributed by atoms with E-state index in [2.05, 4.69) is 16.1 Å². The molecule has 0 saturated heterocycles. The first kappa shape index (κ1) is 21.6. The highest BCUT2D eigenvalue weighted by atomic mass is 35.5. The molecule has 1 fully saturated rings. The first-order valence-corrected chi connectivity index (χ1v) is 12.5. The lowest BCUT2D eigenvalue weighted by Gasteiger charge is -2.23. The third kappa shape index (κ3) is 4.52. The van der Waals surface area contributed by atoms with E-state index in [4.69, 9.17) is 23.2 Å². The summed E-state index contributed by atoms with van der Waals surface area (Å²) < 4.78 is 28.7. The molecule has 2 aliphatic rings. The van der Waals surface area contributed by atoms with Crippen molar-refractivity contribution in [3.05, 3.63) is 63.1 Å². The molecular formula is C22H24Cl2N2O3S. The number of carbonyl (C=O) groups excluding carboxylic acids is 1. The van der Waals surface area contributed by atoms with E-state index in [0.717, 1.165) is 50.5 Å². The minimum absolute atomic E-state index is 0.0418. The third-order valence-electron chi connectivity index (χ3n) is 5.91. The van der Waals surface area contributed by atoms with Gasteiger partial charge in [-0.25, -0.2) is 13.1 Å². The van der Waals surface area contributed by atoms with Crippen molar-refractivity contribution in [1.29, 1.82) is 0 Å². The van der Waals surface area contributed by atoms with Gasteiger partial charge >= 0.3 is 0 Å². The number of aryl methyl sites for hydroxylation is 1. The summed E-state index contributed by atoms with van der Waals surface area (Å²) in [5, 5.41) is 2.98. The van der Waals surface area contributed by atoms with Crippen molar-refractivity contribution in [1.82, 2.24) is 10.0 Å². The van der Waals surface area contributed by atoms with Crippen LogP contribution in [0.5, 0.6) is 0 Å². The van der Waals surface area contributed by atoms with Crippen LogP contribution in [0.15, 0.2) is 41.3 Å². The maximum absolute atomic E-state index is 13.0. The van der Waals surface area contributed by atoms with Crippen LogP contribution in [0.1, 0.15) is 66.1 Å². The first-order valence-electron chi connectivity index (χ1n) is 10.3. The van der Waals surface area contributed by atoms with E-state index in [1.165, 1.54) is 17.7 Å². The molecule has 160 valence electrons. The van der Waals surface area contributed by atoms with Crippen LogP contribution in [-0.4, -0.2) is 20.4 Å². The average molecular weight is 467 g/mol. The molecule has 0 spiro atoms. The minimum Gasteiger partial charge on any atom is -0.345 e. The number of rotatable bonds is 5. The number of hydrogen-bond donors (Lipinski definition) is 2. The molecule has 1 amide bonds. The summed E-state index contributed by atoms with van der Waals surface area (Å²) in [6.07, 6.45) is 6.40. The normalized spacial score (nSPS) is 19.5. The summed E-state index contributed by atoms with van der Waals surface area (Å²) in [5.41, 5.74) is 2.49. The number of carbonyl (C=O) groups is 1. The fraction of sp³-hybridized carbons (Fsp3) is 0.409.